The van der Waals surface area contributed by atoms with Crippen molar-refractivity contribution in [2.75, 3.05) is 20.2 Å². The molecule has 1 aliphatic heterocycles. The van der Waals surface area contributed by atoms with Gasteiger partial charge in [0.05, 0.1) is 13.3 Å². The Labute approximate surface area is 186 Å². The van der Waals surface area contributed by atoms with Crippen molar-refractivity contribution in [1.82, 2.24) is 19.5 Å². The number of halogens is 2. The number of amides is 1. The van der Waals surface area contributed by atoms with Crippen LogP contribution in [0.3, 0.4) is 0 Å². The number of hydrogen-bond acceptors (Lipinski definition) is 6. The molecule has 3 heterocycles. The highest BCUT2D eigenvalue weighted by molar-refractivity contribution is 6.39. The first-order valence-electron chi connectivity index (χ1n) is 10.1. The Hall–Kier alpha value is -3.89. The van der Waals surface area contributed by atoms with Gasteiger partial charge in [-0.2, -0.15) is 5.10 Å². The van der Waals surface area contributed by atoms with Crippen LogP contribution in [-0.2, 0) is 11.2 Å². The number of benzene rings is 1. The van der Waals surface area contributed by atoms with Crippen molar-refractivity contribution in [2.24, 2.45) is 0 Å². The van der Waals surface area contributed by atoms with Crippen LogP contribution in [0.4, 0.5) is 8.78 Å². The van der Waals surface area contributed by atoms with Crippen LogP contribution in [0, 0.1) is 5.82 Å². The van der Waals surface area contributed by atoms with Gasteiger partial charge in [-0.3, -0.25) is 9.59 Å². The Balaban J connectivity index is 1.55. The van der Waals surface area contributed by atoms with Gasteiger partial charge in [-0.25, -0.2) is 23.1 Å². The lowest BCUT2D eigenvalue weighted by molar-refractivity contribution is -0.131. The number of aromatic nitrogens is 3. The zero-order valence-corrected chi connectivity index (χ0v) is 17.6. The van der Waals surface area contributed by atoms with Gasteiger partial charge in [-0.15, -0.1) is 0 Å². The summed E-state index contributed by atoms with van der Waals surface area (Å²) in [6.45, 7) is 0.231. The number of carbonyl (C=O) groups is 3. The maximum absolute atomic E-state index is 15.4. The van der Waals surface area contributed by atoms with Gasteiger partial charge in [0, 0.05) is 25.6 Å². The third-order valence-electron chi connectivity index (χ3n) is 5.69. The molecule has 0 bridgehead atoms. The number of ketones is 1. The van der Waals surface area contributed by atoms with E-state index in [1.165, 1.54) is 30.2 Å². The Morgan fingerprint density at radius 2 is 1.85 bits per heavy atom. The van der Waals surface area contributed by atoms with Gasteiger partial charge in [-0.1, -0.05) is 12.1 Å². The second-order valence-corrected chi connectivity index (χ2v) is 7.86. The van der Waals surface area contributed by atoms with E-state index >= 15 is 4.39 Å². The summed E-state index contributed by atoms with van der Waals surface area (Å²) in [4.78, 5) is 41.5. The Kier molecular flexibility index (Phi) is 5.79. The summed E-state index contributed by atoms with van der Waals surface area (Å²) in [5.74, 6) is -3.74. The first-order chi connectivity index (χ1) is 15.7. The molecular formula is C22H20F2N4O5. The van der Waals surface area contributed by atoms with Crippen LogP contribution in [0.1, 0.15) is 39.4 Å². The number of Topliss-reactive ketones (excluding diaryl/α,β-unsaturated/α-hetero) is 1. The maximum Gasteiger partial charge on any atom is 0.378 e. The number of carbonyl (C=O) groups excluding carboxylic acids is 2. The monoisotopic (exact) mass is 458 g/mol. The van der Waals surface area contributed by atoms with Gasteiger partial charge >= 0.3 is 5.97 Å². The summed E-state index contributed by atoms with van der Waals surface area (Å²) in [5.41, 5.74) is -1.19. The van der Waals surface area contributed by atoms with Crippen molar-refractivity contribution in [2.45, 2.75) is 24.9 Å². The van der Waals surface area contributed by atoms with Gasteiger partial charge in [-0.05, 0) is 30.5 Å². The van der Waals surface area contributed by atoms with Crippen molar-refractivity contribution < 1.29 is 33.0 Å². The molecule has 1 fully saturated rings. The molecule has 1 aromatic carbocycles. The molecule has 0 unspecified atom stereocenters. The molecule has 0 atom stereocenters. The van der Waals surface area contributed by atoms with Crippen molar-refractivity contribution in [3.63, 3.8) is 0 Å². The van der Waals surface area contributed by atoms with Crippen LogP contribution in [0.5, 0.6) is 5.75 Å². The van der Waals surface area contributed by atoms with Crippen LogP contribution in [-0.4, -0.2) is 68.1 Å². The predicted octanol–water partition coefficient (Wildman–Crippen LogP) is 2.33. The van der Waals surface area contributed by atoms with Crippen LogP contribution >= 0.6 is 0 Å². The number of likely N-dealkylation sites (tertiary alicyclic amines) is 1. The number of carboxylic acid groups (broad SMARTS) is 1. The predicted molar refractivity (Wildman–Crippen MR) is 111 cm³/mol. The molecule has 2 aromatic heterocycles. The largest absolute Gasteiger partial charge is 0.494 e. The second kappa shape index (κ2) is 8.57. The van der Waals surface area contributed by atoms with Crippen molar-refractivity contribution in [3.8, 4) is 5.75 Å². The normalized spacial score (nSPS) is 15.4. The smallest absolute Gasteiger partial charge is 0.378 e. The quantitative estimate of drug-likeness (QED) is 0.445. The van der Waals surface area contributed by atoms with Crippen molar-refractivity contribution in [3.05, 3.63) is 59.3 Å². The van der Waals surface area contributed by atoms with Crippen LogP contribution in [0.2, 0.25) is 0 Å². The minimum atomic E-state index is -1.68. The number of aliphatic carboxylic acids is 1. The number of piperidine rings is 1. The standard InChI is InChI=1S/C22H20F2N4O5/c1-33-16-10-17-25-12-15(19(29)21(31)32)28(17)26-18(16)20(30)27-8-6-22(24,7-9-27)11-13-2-4-14(23)5-3-13/h2-5,10,12H,6-9,11H2,1H3,(H,31,32). The molecule has 1 saturated heterocycles. The number of ether oxygens (including phenoxy) is 1. The number of carboxylic acids is 1. The lowest BCUT2D eigenvalue weighted by Gasteiger charge is -2.36. The average Bonchev–Trinajstić information content (AvgIpc) is 3.21. The lowest BCUT2D eigenvalue weighted by atomic mass is 9.87. The van der Waals surface area contributed by atoms with E-state index in [4.69, 9.17) is 9.84 Å². The SMILES string of the molecule is COc1cc2ncc(C(=O)C(=O)O)n2nc1C(=O)N1CCC(F)(Cc2ccc(F)cc2)CC1. The zero-order valence-electron chi connectivity index (χ0n) is 17.6. The highest BCUT2D eigenvalue weighted by atomic mass is 19.1. The fraction of sp³-hybridized carbons (Fsp3) is 0.318. The number of imidazole rings is 1. The number of methoxy groups -OCH3 is 1. The van der Waals surface area contributed by atoms with Crippen LogP contribution < -0.4 is 4.74 Å². The fourth-order valence-electron chi connectivity index (χ4n) is 3.87. The maximum atomic E-state index is 15.4. The molecule has 0 radical (unpaired) electrons. The summed E-state index contributed by atoms with van der Waals surface area (Å²) in [7, 11) is 1.34. The van der Waals surface area contributed by atoms with E-state index in [1.54, 1.807) is 12.1 Å². The molecule has 1 amide bonds. The Bertz CT molecular complexity index is 1230. The molecule has 11 heteroatoms. The molecule has 172 valence electrons. The topological polar surface area (TPSA) is 114 Å². The van der Waals surface area contributed by atoms with Crippen LogP contribution in [0.15, 0.2) is 36.5 Å². The first-order valence-corrected chi connectivity index (χ1v) is 10.1. The average molecular weight is 458 g/mol. The third kappa shape index (κ3) is 4.38. The van der Waals surface area contributed by atoms with E-state index in [0.29, 0.717) is 5.56 Å². The molecule has 9 nitrogen and oxygen atoms in total. The summed E-state index contributed by atoms with van der Waals surface area (Å²) in [5, 5.41) is 13.1. The summed E-state index contributed by atoms with van der Waals surface area (Å²) >= 11 is 0. The minimum absolute atomic E-state index is 0.0779. The number of alkyl halides is 1. The zero-order chi connectivity index (χ0) is 23.8. The van der Waals surface area contributed by atoms with Crippen LogP contribution in [0.25, 0.3) is 5.65 Å². The highest BCUT2D eigenvalue weighted by Crippen LogP contribution is 2.32. The molecule has 33 heavy (non-hydrogen) atoms. The van der Waals surface area contributed by atoms with Gasteiger partial charge in [0.1, 0.15) is 17.2 Å². The van der Waals surface area contributed by atoms with E-state index in [2.05, 4.69) is 10.1 Å². The number of rotatable bonds is 6. The van der Waals surface area contributed by atoms with E-state index < -0.39 is 29.1 Å². The number of fused-ring (bicyclic) bond motifs is 1. The number of hydrogen-bond donors (Lipinski definition) is 1. The molecule has 0 spiro atoms. The Morgan fingerprint density at radius 1 is 1.18 bits per heavy atom. The van der Waals surface area contributed by atoms with E-state index in [0.717, 1.165) is 10.7 Å². The summed E-state index contributed by atoms with van der Waals surface area (Å²) in [6, 6.07) is 7.02. The van der Waals surface area contributed by atoms with E-state index in [1.807, 2.05) is 0 Å². The molecule has 0 saturated carbocycles. The molecular weight excluding hydrogens is 438 g/mol. The molecule has 1 N–H and O–H groups in total. The van der Waals surface area contributed by atoms with Crippen molar-refractivity contribution in [1.29, 1.82) is 0 Å². The van der Waals surface area contributed by atoms with E-state index in [9.17, 15) is 18.8 Å². The van der Waals surface area contributed by atoms with Crippen molar-refractivity contribution >= 4 is 23.3 Å². The van der Waals surface area contributed by atoms with Gasteiger partial charge < -0.3 is 14.7 Å². The van der Waals surface area contributed by atoms with Gasteiger partial charge in [0.15, 0.2) is 17.1 Å². The van der Waals surface area contributed by atoms with Gasteiger partial charge in [0.2, 0.25) is 0 Å². The molecule has 4 rings (SSSR count). The molecule has 3 aromatic rings. The summed E-state index contributed by atoms with van der Waals surface area (Å²) < 4.78 is 34.7. The Morgan fingerprint density at radius 3 is 2.45 bits per heavy atom. The molecule has 0 aliphatic carbocycles. The van der Waals surface area contributed by atoms with E-state index in [-0.39, 0.29) is 55.1 Å². The first kappa shape index (κ1) is 22.3. The minimum Gasteiger partial charge on any atom is -0.494 e. The second-order valence-electron chi connectivity index (χ2n) is 7.86. The lowest BCUT2D eigenvalue weighted by Crippen LogP contribution is -2.46. The van der Waals surface area contributed by atoms with Gasteiger partial charge in [0.25, 0.3) is 11.7 Å². The summed E-state index contributed by atoms with van der Waals surface area (Å²) in [6.07, 6.45) is 1.32. The highest BCUT2D eigenvalue weighted by Gasteiger charge is 2.37. The number of nitrogens with zero attached hydrogens (tertiary/aromatic N) is 4. The third-order valence-corrected chi connectivity index (χ3v) is 5.69. The fourth-order valence-corrected chi connectivity index (χ4v) is 3.87. The molecule has 1 aliphatic rings.